The lowest BCUT2D eigenvalue weighted by molar-refractivity contribution is 0.181. The maximum absolute atomic E-state index is 11.7. The molecule has 0 aromatic heterocycles. The van der Waals surface area contributed by atoms with Crippen molar-refractivity contribution < 1.29 is 13.2 Å². The topological polar surface area (TPSA) is 83.0 Å². The summed E-state index contributed by atoms with van der Waals surface area (Å²) in [6.45, 7) is 3.14. The van der Waals surface area contributed by atoms with Crippen LogP contribution in [0.15, 0.2) is 29.3 Å². The molecule has 1 saturated heterocycles. The van der Waals surface area contributed by atoms with E-state index in [1.54, 1.807) is 7.05 Å². The molecule has 1 fully saturated rings. The van der Waals surface area contributed by atoms with Crippen molar-refractivity contribution in [1.82, 2.24) is 14.9 Å². The monoisotopic (exact) mass is 368 g/mol. The Hall–Kier alpha value is -1.64. The summed E-state index contributed by atoms with van der Waals surface area (Å²) in [5, 5.41) is 3.33. The molecule has 1 unspecified atom stereocenters. The summed E-state index contributed by atoms with van der Waals surface area (Å²) in [5.41, 5.74) is 1.78. The van der Waals surface area contributed by atoms with Crippen molar-refractivity contribution in [2.45, 2.75) is 18.7 Å². The van der Waals surface area contributed by atoms with Gasteiger partial charge >= 0.3 is 0 Å². The Labute approximate surface area is 150 Å². The Morgan fingerprint density at radius 3 is 2.80 bits per heavy atom. The summed E-state index contributed by atoms with van der Waals surface area (Å²) in [4.78, 5) is 6.43. The van der Waals surface area contributed by atoms with Gasteiger partial charge in [0.05, 0.1) is 12.4 Å². The van der Waals surface area contributed by atoms with E-state index in [1.807, 2.05) is 31.3 Å². The fourth-order valence-corrected chi connectivity index (χ4v) is 3.65. The van der Waals surface area contributed by atoms with Crippen LogP contribution in [0.4, 0.5) is 0 Å². The first-order valence-electron chi connectivity index (χ1n) is 8.42. The summed E-state index contributed by atoms with van der Waals surface area (Å²) in [6, 6.07) is 7.57. The predicted molar refractivity (Wildman–Crippen MR) is 99.9 cm³/mol. The fourth-order valence-electron chi connectivity index (χ4n) is 2.89. The first kappa shape index (κ1) is 19.7. The van der Waals surface area contributed by atoms with Gasteiger partial charge in [0.15, 0.2) is 5.96 Å². The molecule has 1 aromatic carbocycles. The Morgan fingerprint density at radius 1 is 1.40 bits per heavy atom. The second-order valence-electron chi connectivity index (χ2n) is 6.29. The minimum atomic E-state index is -3.27. The van der Waals surface area contributed by atoms with Gasteiger partial charge in [0.25, 0.3) is 0 Å². The number of hydrogen-bond donors (Lipinski definition) is 2. The highest BCUT2D eigenvalue weighted by atomic mass is 32.2. The zero-order valence-electron chi connectivity index (χ0n) is 15.2. The van der Waals surface area contributed by atoms with E-state index in [0.29, 0.717) is 12.5 Å². The smallest absolute Gasteiger partial charge is 0.215 e. The Balaban J connectivity index is 1.92. The second kappa shape index (κ2) is 9.17. The molecule has 1 heterocycles. The highest BCUT2D eigenvalue weighted by Gasteiger charge is 2.19. The van der Waals surface area contributed by atoms with Crippen LogP contribution in [-0.2, 0) is 27.1 Å². The van der Waals surface area contributed by atoms with Crippen molar-refractivity contribution in [2.24, 2.45) is 10.9 Å². The Kier molecular flexibility index (Phi) is 7.22. The van der Waals surface area contributed by atoms with Gasteiger partial charge < -0.3 is 15.0 Å². The minimum absolute atomic E-state index is 0.0202. The number of aliphatic imine (C=N–C) groups is 1. The van der Waals surface area contributed by atoms with Crippen molar-refractivity contribution in [1.29, 1.82) is 0 Å². The predicted octanol–water partition coefficient (Wildman–Crippen LogP) is 0.780. The lowest BCUT2D eigenvalue weighted by Crippen LogP contribution is -2.41. The molecule has 8 heteroatoms. The lowest BCUT2D eigenvalue weighted by Gasteiger charge is -2.24. The SMILES string of the molecule is CN=C(NCc1cccc(CS(=O)(=O)NC)c1)N(C)CC1CCOC1. The van der Waals surface area contributed by atoms with Crippen molar-refractivity contribution in [3.8, 4) is 0 Å². The Morgan fingerprint density at radius 2 is 2.16 bits per heavy atom. The van der Waals surface area contributed by atoms with Gasteiger partial charge in [-0.2, -0.15) is 0 Å². The molecule has 0 radical (unpaired) electrons. The first-order valence-corrected chi connectivity index (χ1v) is 10.1. The molecule has 1 aliphatic heterocycles. The third kappa shape index (κ3) is 6.30. The number of ether oxygens (including phenoxy) is 1. The molecule has 2 N–H and O–H groups in total. The molecule has 25 heavy (non-hydrogen) atoms. The number of hydrogen-bond acceptors (Lipinski definition) is 4. The number of benzene rings is 1. The van der Waals surface area contributed by atoms with E-state index < -0.39 is 10.0 Å². The van der Waals surface area contributed by atoms with Crippen LogP contribution in [0.1, 0.15) is 17.5 Å². The molecular formula is C17H28N4O3S. The third-order valence-corrected chi connectivity index (χ3v) is 5.57. The summed E-state index contributed by atoms with van der Waals surface area (Å²) in [6.07, 6.45) is 1.09. The molecule has 140 valence electrons. The van der Waals surface area contributed by atoms with E-state index in [9.17, 15) is 8.42 Å². The highest BCUT2D eigenvalue weighted by molar-refractivity contribution is 7.88. The minimum Gasteiger partial charge on any atom is -0.381 e. The molecule has 0 bridgehead atoms. The molecular weight excluding hydrogens is 340 g/mol. The number of nitrogens with one attached hydrogen (secondary N) is 2. The average molecular weight is 369 g/mol. The van der Waals surface area contributed by atoms with Crippen molar-refractivity contribution in [2.75, 3.05) is 40.9 Å². The van der Waals surface area contributed by atoms with Crippen molar-refractivity contribution in [3.05, 3.63) is 35.4 Å². The number of nitrogens with zero attached hydrogens (tertiary/aromatic N) is 2. The van der Waals surface area contributed by atoms with E-state index in [4.69, 9.17) is 4.74 Å². The van der Waals surface area contributed by atoms with E-state index in [0.717, 1.165) is 43.3 Å². The third-order valence-electron chi connectivity index (χ3n) is 4.24. The van der Waals surface area contributed by atoms with E-state index >= 15 is 0 Å². The second-order valence-corrected chi connectivity index (χ2v) is 8.22. The van der Waals surface area contributed by atoms with E-state index in [1.165, 1.54) is 7.05 Å². The van der Waals surface area contributed by atoms with Crippen molar-refractivity contribution >= 4 is 16.0 Å². The molecule has 0 spiro atoms. The lowest BCUT2D eigenvalue weighted by atomic mass is 10.1. The zero-order valence-corrected chi connectivity index (χ0v) is 16.0. The zero-order chi connectivity index (χ0) is 18.3. The quantitative estimate of drug-likeness (QED) is 0.549. The molecule has 1 atom stereocenters. The molecule has 2 rings (SSSR count). The van der Waals surface area contributed by atoms with Crippen LogP contribution in [0.3, 0.4) is 0 Å². The number of rotatable bonds is 7. The van der Waals surface area contributed by atoms with E-state index in [-0.39, 0.29) is 5.75 Å². The van der Waals surface area contributed by atoms with Gasteiger partial charge in [0.1, 0.15) is 0 Å². The van der Waals surface area contributed by atoms with Gasteiger partial charge in [-0.25, -0.2) is 13.1 Å². The van der Waals surface area contributed by atoms with Crippen LogP contribution < -0.4 is 10.0 Å². The standard InChI is InChI=1S/C17H28N4O3S/c1-18-17(21(3)11-16-7-8-24-12-16)20-10-14-5-4-6-15(9-14)13-25(22,23)19-2/h4-6,9,16,19H,7-8,10-13H2,1-3H3,(H,18,20). The van der Waals surface area contributed by atoms with Gasteiger partial charge in [0.2, 0.25) is 10.0 Å². The van der Waals surface area contributed by atoms with Crippen LogP contribution in [0.25, 0.3) is 0 Å². The normalized spacial score (nSPS) is 18.4. The maximum atomic E-state index is 11.7. The van der Waals surface area contributed by atoms with Crippen LogP contribution >= 0.6 is 0 Å². The fraction of sp³-hybridized carbons (Fsp3) is 0.588. The largest absolute Gasteiger partial charge is 0.381 e. The molecule has 0 amide bonds. The van der Waals surface area contributed by atoms with Crippen LogP contribution in [-0.4, -0.2) is 60.2 Å². The van der Waals surface area contributed by atoms with Crippen molar-refractivity contribution in [3.63, 3.8) is 0 Å². The number of sulfonamides is 1. The summed E-state index contributed by atoms with van der Waals surface area (Å²) >= 11 is 0. The molecule has 0 saturated carbocycles. The van der Waals surface area contributed by atoms with Gasteiger partial charge in [-0.05, 0) is 24.6 Å². The number of guanidine groups is 1. The van der Waals surface area contributed by atoms with Gasteiger partial charge in [0, 0.05) is 39.7 Å². The van der Waals surface area contributed by atoms with Gasteiger partial charge in [-0.15, -0.1) is 0 Å². The van der Waals surface area contributed by atoms with Crippen LogP contribution in [0, 0.1) is 5.92 Å². The average Bonchev–Trinajstić information content (AvgIpc) is 3.08. The molecule has 7 nitrogen and oxygen atoms in total. The van der Waals surface area contributed by atoms with Gasteiger partial charge in [-0.1, -0.05) is 24.3 Å². The highest BCUT2D eigenvalue weighted by Crippen LogP contribution is 2.13. The maximum Gasteiger partial charge on any atom is 0.215 e. The Bertz CT molecular complexity index is 685. The van der Waals surface area contributed by atoms with Crippen LogP contribution in [0.2, 0.25) is 0 Å². The van der Waals surface area contributed by atoms with E-state index in [2.05, 4.69) is 19.9 Å². The van der Waals surface area contributed by atoms with Crippen LogP contribution in [0.5, 0.6) is 0 Å². The summed E-state index contributed by atoms with van der Waals surface area (Å²) in [7, 11) is 1.94. The van der Waals surface area contributed by atoms with Gasteiger partial charge in [-0.3, -0.25) is 4.99 Å². The molecule has 0 aliphatic carbocycles. The first-order chi connectivity index (χ1) is 11.9. The summed E-state index contributed by atoms with van der Waals surface area (Å²) < 4.78 is 31.1. The molecule has 1 aromatic rings. The summed E-state index contributed by atoms with van der Waals surface area (Å²) in [5.74, 6) is 1.34. The molecule has 1 aliphatic rings.